The van der Waals surface area contributed by atoms with Crippen molar-refractivity contribution in [3.63, 3.8) is 0 Å². The van der Waals surface area contributed by atoms with Crippen LogP contribution in [0.3, 0.4) is 0 Å². The molecule has 1 unspecified atom stereocenters. The number of nitrogens with zero attached hydrogens (tertiary/aromatic N) is 1. The van der Waals surface area contributed by atoms with Crippen LogP contribution in [0.2, 0.25) is 5.02 Å². The Bertz CT molecular complexity index is 1330. The Labute approximate surface area is 253 Å². The summed E-state index contributed by atoms with van der Waals surface area (Å²) in [6.45, 7) is 4.36. The molecule has 0 radical (unpaired) electrons. The van der Waals surface area contributed by atoms with E-state index in [0.717, 1.165) is 31.2 Å². The Morgan fingerprint density at radius 2 is 1.86 bits per heavy atom. The van der Waals surface area contributed by atoms with Crippen LogP contribution in [0.4, 0.5) is 10.1 Å². The Morgan fingerprint density at radius 1 is 1.14 bits per heavy atom. The van der Waals surface area contributed by atoms with E-state index in [1.165, 1.54) is 6.07 Å². The Hall–Kier alpha value is -2.08. The van der Waals surface area contributed by atoms with Gasteiger partial charge in [0.2, 0.25) is 15.9 Å². The summed E-state index contributed by atoms with van der Waals surface area (Å²) >= 11 is 6.13. The summed E-state index contributed by atoms with van der Waals surface area (Å²) in [7, 11) is -3.33. The fourth-order valence-electron chi connectivity index (χ4n) is 6.58. The third kappa shape index (κ3) is 7.17. The number of hydrogen-bond donors (Lipinski definition) is 3. The van der Waals surface area contributed by atoms with Crippen LogP contribution in [0, 0.1) is 11.7 Å². The number of nitrogens with two attached hydrogens (primary N) is 1. The van der Waals surface area contributed by atoms with Gasteiger partial charge in [0.1, 0.15) is 5.82 Å². The third-order valence-corrected chi connectivity index (χ3v) is 11.7. The summed E-state index contributed by atoms with van der Waals surface area (Å²) in [6.07, 6.45) is 4.55. The first-order chi connectivity index (χ1) is 20.2. The van der Waals surface area contributed by atoms with Crippen LogP contribution in [0.25, 0.3) is 0 Å². The highest BCUT2D eigenvalue weighted by Crippen LogP contribution is 2.36. The monoisotopic (exact) mass is 620 g/mol. The fraction of sp³-hybridized carbons (Fsp3) is 0.581. The highest BCUT2D eigenvalue weighted by molar-refractivity contribution is 7.90. The molecule has 1 amide bonds. The van der Waals surface area contributed by atoms with Crippen molar-refractivity contribution in [1.82, 2.24) is 9.62 Å². The van der Waals surface area contributed by atoms with E-state index in [1.807, 2.05) is 19.1 Å². The highest BCUT2D eigenvalue weighted by atomic mass is 35.5. The first-order valence-corrected chi connectivity index (χ1v) is 16.9. The van der Waals surface area contributed by atoms with Gasteiger partial charge in [-0.15, -0.1) is 0 Å². The Balaban J connectivity index is 1.28. The number of rotatable bonds is 11. The van der Waals surface area contributed by atoms with E-state index in [0.29, 0.717) is 61.8 Å². The van der Waals surface area contributed by atoms with E-state index >= 15 is 4.39 Å². The number of carbonyl (C=O) groups is 1. The molecule has 1 saturated carbocycles. The maximum atomic E-state index is 15.1. The quantitative estimate of drug-likeness (QED) is 0.343. The molecule has 3 fully saturated rings. The first kappa shape index (κ1) is 31.3. The lowest BCUT2D eigenvalue weighted by Crippen LogP contribution is -2.58. The molecule has 2 heterocycles. The summed E-state index contributed by atoms with van der Waals surface area (Å²) in [5.74, 6) is -0.865. The zero-order valence-electron chi connectivity index (χ0n) is 24.1. The zero-order chi connectivity index (χ0) is 29.9. The molecule has 0 aromatic heterocycles. The Kier molecular flexibility index (Phi) is 10.2. The Morgan fingerprint density at radius 3 is 2.55 bits per heavy atom. The van der Waals surface area contributed by atoms with Crippen molar-refractivity contribution >= 4 is 33.2 Å². The molecule has 230 valence electrons. The predicted molar refractivity (Wildman–Crippen MR) is 164 cm³/mol. The largest absolute Gasteiger partial charge is 0.381 e. The van der Waals surface area contributed by atoms with Gasteiger partial charge in [-0.25, -0.2) is 12.8 Å². The van der Waals surface area contributed by atoms with Gasteiger partial charge in [0.15, 0.2) is 0 Å². The molecule has 8 nitrogen and oxygen atoms in total. The molecule has 2 aliphatic heterocycles. The van der Waals surface area contributed by atoms with E-state index in [2.05, 4.69) is 10.6 Å². The van der Waals surface area contributed by atoms with Crippen LogP contribution in [0.5, 0.6) is 0 Å². The van der Waals surface area contributed by atoms with Gasteiger partial charge in [-0.1, -0.05) is 29.8 Å². The van der Waals surface area contributed by atoms with Crippen molar-refractivity contribution in [2.75, 3.05) is 31.6 Å². The average Bonchev–Trinajstić information content (AvgIpc) is 3.83. The minimum atomic E-state index is -3.33. The van der Waals surface area contributed by atoms with Crippen LogP contribution < -0.4 is 16.4 Å². The SMILES string of the molecule is C[C@H]1CNC[C@H](CCCc2c(F)cccc2NC(=O)[C@@H](N)C(c2ccc(Cl)cc2)C2CCOCC2)N1S(=O)(=O)C1CC1. The summed E-state index contributed by atoms with van der Waals surface area (Å²) in [6, 6.07) is 10.9. The molecule has 0 bridgehead atoms. The molecule has 2 saturated heterocycles. The smallest absolute Gasteiger partial charge is 0.241 e. The average molecular weight is 621 g/mol. The molecule has 42 heavy (non-hydrogen) atoms. The number of ether oxygens (including phenoxy) is 1. The van der Waals surface area contributed by atoms with Gasteiger partial charge in [-0.3, -0.25) is 4.79 Å². The molecule has 1 aliphatic carbocycles. The second-order valence-corrected chi connectivity index (χ2v) is 14.5. The molecular formula is C31H42ClFN4O4S. The van der Waals surface area contributed by atoms with Crippen molar-refractivity contribution in [3.05, 3.63) is 64.4 Å². The van der Waals surface area contributed by atoms with Gasteiger partial charge in [-0.05, 0) is 87.6 Å². The number of halogens is 2. The van der Waals surface area contributed by atoms with Gasteiger partial charge < -0.3 is 21.1 Å². The van der Waals surface area contributed by atoms with Crippen molar-refractivity contribution in [3.8, 4) is 0 Å². The number of amides is 1. The number of anilines is 1. The first-order valence-electron chi connectivity index (χ1n) is 15.1. The maximum Gasteiger partial charge on any atom is 0.241 e. The van der Waals surface area contributed by atoms with Gasteiger partial charge in [0, 0.05) is 60.6 Å². The van der Waals surface area contributed by atoms with E-state index < -0.39 is 21.9 Å². The van der Waals surface area contributed by atoms with Gasteiger partial charge in [0.05, 0.1) is 11.3 Å². The number of hydrogen-bond acceptors (Lipinski definition) is 6. The summed E-state index contributed by atoms with van der Waals surface area (Å²) in [4.78, 5) is 13.6. The van der Waals surface area contributed by atoms with Crippen LogP contribution in [0.15, 0.2) is 42.5 Å². The zero-order valence-corrected chi connectivity index (χ0v) is 25.7. The number of nitrogens with one attached hydrogen (secondary N) is 2. The van der Waals surface area contributed by atoms with Crippen molar-refractivity contribution < 1.29 is 22.3 Å². The predicted octanol–water partition coefficient (Wildman–Crippen LogP) is 4.43. The molecule has 2 aromatic rings. The van der Waals surface area contributed by atoms with Crippen molar-refractivity contribution in [2.24, 2.45) is 11.7 Å². The number of sulfonamides is 1. The third-order valence-electron chi connectivity index (χ3n) is 8.91. The van der Waals surface area contributed by atoms with E-state index in [-0.39, 0.29) is 35.1 Å². The normalized spacial score (nSPS) is 23.8. The standard InChI is InChI=1S/C31H42ClFN4O4S/c1-20-18-35-19-24(37(20)42(39,40)25-12-13-25)4-2-5-26-27(33)6-3-7-28(26)36-31(38)30(34)29(22-14-16-41-17-15-22)21-8-10-23(32)11-9-21/h3,6-11,20,22,24-25,29-30,35H,2,4-5,12-19,34H2,1H3,(H,36,38)/t20-,24-,29?,30-/m0/s1. The van der Waals surface area contributed by atoms with E-state index in [9.17, 15) is 13.2 Å². The molecule has 2 aromatic carbocycles. The lowest BCUT2D eigenvalue weighted by molar-refractivity contribution is -0.118. The summed E-state index contributed by atoms with van der Waals surface area (Å²) in [5, 5.41) is 6.61. The second kappa shape index (κ2) is 13.7. The minimum Gasteiger partial charge on any atom is -0.381 e. The topological polar surface area (TPSA) is 114 Å². The lowest BCUT2D eigenvalue weighted by Gasteiger charge is -2.40. The molecule has 4 atom stereocenters. The van der Waals surface area contributed by atoms with Crippen molar-refractivity contribution in [2.45, 2.75) is 81.2 Å². The maximum absolute atomic E-state index is 15.1. The molecule has 4 N–H and O–H groups in total. The van der Waals surface area contributed by atoms with Crippen LogP contribution >= 0.6 is 11.6 Å². The highest BCUT2D eigenvalue weighted by Gasteiger charge is 2.45. The summed E-state index contributed by atoms with van der Waals surface area (Å²) in [5.41, 5.74) is 8.39. The number of piperazine rings is 1. The van der Waals surface area contributed by atoms with E-state index in [1.54, 1.807) is 28.6 Å². The fourth-order valence-corrected chi connectivity index (χ4v) is 8.95. The molecule has 3 aliphatic rings. The summed E-state index contributed by atoms with van der Waals surface area (Å²) < 4.78 is 48.7. The van der Waals surface area contributed by atoms with Gasteiger partial charge in [0.25, 0.3) is 0 Å². The van der Waals surface area contributed by atoms with Gasteiger partial charge >= 0.3 is 0 Å². The number of carbonyl (C=O) groups excluding carboxylic acids is 1. The molecule has 0 spiro atoms. The van der Waals surface area contributed by atoms with Crippen molar-refractivity contribution in [1.29, 1.82) is 0 Å². The molecule has 5 rings (SSSR count). The molecule has 11 heteroatoms. The minimum absolute atomic E-state index is 0.122. The van der Waals surface area contributed by atoms with Crippen LogP contribution in [-0.4, -0.2) is 68.3 Å². The van der Waals surface area contributed by atoms with Crippen LogP contribution in [0.1, 0.15) is 62.5 Å². The van der Waals surface area contributed by atoms with Gasteiger partial charge in [-0.2, -0.15) is 4.31 Å². The lowest BCUT2D eigenvalue weighted by atomic mass is 9.76. The van der Waals surface area contributed by atoms with E-state index in [4.69, 9.17) is 22.1 Å². The number of benzene rings is 2. The molecular weight excluding hydrogens is 579 g/mol. The van der Waals surface area contributed by atoms with Crippen LogP contribution in [-0.2, 0) is 26.0 Å². The second-order valence-electron chi connectivity index (χ2n) is 11.9.